The van der Waals surface area contributed by atoms with Crippen molar-refractivity contribution in [3.8, 4) is 44.5 Å². The maximum absolute atomic E-state index is 2.42. The van der Waals surface area contributed by atoms with Gasteiger partial charge in [-0.3, -0.25) is 0 Å². The Balaban J connectivity index is 0.989. The van der Waals surface area contributed by atoms with Gasteiger partial charge in [-0.25, -0.2) is 0 Å². The van der Waals surface area contributed by atoms with Crippen LogP contribution in [0.3, 0.4) is 0 Å². The molecular weight excluding hydrogens is 773 g/mol. The molecule has 2 heteroatoms. The fraction of sp³-hybridized carbons (Fsp3) is 0. The first-order valence-electron chi connectivity index (χ1n) is 21.9. The minimum Gasteiger partial charge on any atom is -0.310 e. The summed E-state index contributed by atoms with van der Waals surface area (Å²) in [6, 6.07) is 96.3. The van der Waals surface area contributed by atoms with E-state index in [1.807, 2.05) is 0 Å². The zero-order chi connectivity index (χ0) is 42.7. The van der Waals surface area contributed by atoms with Gasteiger partial charge in [-0.2, -0.15) is 0 Å². The standard InChI is InChI=1S/C62H44N2/c1-4-16-45(17-5-1)48-30-36-55(37-31-48)63(61-28-14-24-51-22-10-12-26-59(51)61)56-38-32-49(33-39-56)50-34-40-57(41-35-50)64(62-29-15-25-52-23-11-13-27-60(52)62)58-43-53(46-18-6-2-7-19-46)42-54(44-58)47-20-8-3-9-21-47/h1-44H. The van der Waals surface area contributed by atoms with Crippen LogP contribution >= 0.6 is 0 Å². The van der Waals surface area contributed by atoms with Gasteiger partial charge in [0.25, 0.3) is 0 Å². The van der Waals surface area contributed by atoms with Gasteiger partial charge in [0.15, 0.2) is 0 Å². The lowest BCUT2D eigenvalue weighted by atomic mass is 9.96. The van der Waals surface area contributed by atoms with Crippen LogP contribution in [0.15, 0.2) is 267 Å². The molecule has 0 aliphatic heterocycles. The highest BCUT2D eigenvalue weighted by atomic mass is 15.1. The largest absolute Gasteiger partial charge is 0.310 e. The summed E-state index contributed by atoms with van der Waals surface area (Å²) in [7, 11) is 0. The van der Waals surface area contributed by atoms with Crippen molar-refractivity contribution in [3.63, 3.8) is 0 Å². The van der Waals surface area contributed by atoms with Gasteiger partial charge in [0.2, 0.25) is 0 Å². The Bertz CT molecular complexity index is 3270. The van der Waals surface area contributed by atoms with Crippen molar-refractivity contribution in [2.45, 2.75) is 0 Å². The first-order valence-corrected chi connectivity index (χ1v) is 21.9. The van der Waals surface area contributed by atoms with Gasteiger partial charge in [-0.15, -0.1) is 0 Å². The summed E-state index contributed by atoms with van der Waals surface area (Å²) in [5.74, 6) is 0. The third-order valence-corrected chi connectivity index (χ3v) is 12.2. The van der Waals surface area contributed by atoms with E-state index < -0.39 is 0 Å². The highest BCUT2D eigenvalue weighted by Crippen LogP contribution is 2.44. The summed E-state index contributed by atoms with van der Waals surface area (Å²) in [6.07, 6.45) is 0. The Morgan fingerprint density at radius 1 is 0.188 bits per heavy atom. The van der Waals surface area contributed by atoms with Crippen LogP contribution in [0, 0.1) is 0 Å². The molecule has 11 aromatic rings. The minimum absolute atomic E-state index is 1.09. The molecule has 0 saturated heterocycles. The number of hydrogen-bond donors (Lipinski definition) is 0. The van der Waals surface area contributed by atoms with Crippen LogP contribution in [0.25, 0.3) is 66.1 Å². The monoisotopic (exact) mass is 816 g/mol. The molecule has 11 aromatic carbocycles. The molecule has 0 bridgehead atoms. The molecule has 0 radical (unpaired) electrons. The molecule has 0 atom stereocenters. The van der Waals surface area contributed by atoms with Crippen LogP contribution in [-0.2, 0) is 0 Å². The molecule has 0 heterocycles. The summed E-state index contributed by atoms with van der Waals surface area (Å²) >= 11 is 0. The Kier molecular flexibility index (Phi) is 10.3. The van der Waals surface area contributed by atoms with Crippen molar-refractivity contribution in [1.29, 1.82) is 0 Å². The Labute approximate surface area is 375 Å². The molecule has 0 aromatic heterocycles. The number of anilines is 6. The van der Waals surface area contributed by atoms with Gasteiger partial charge < -0.3 is 9.80 Å². The van der Waals surface area contributed by atoms with Gasteiger partial charge in [0.05, 0.1) is 11.4 Å². The van der Waals surface area contributed by atoms with E-state index in [4.69, 9.17) is 0 Å². The number of rotatable bonds is 10. The smallest absolute Gasteiger partial charge is 0.0540 e. The predicted octanol–water partition coefficient (Wildman–Crippen LogP) is 17.6. The topological polar surface area (TPSA) is 6.48 Å². The number of benzene rings is 11. The lowest BCUT2D eigenvalue weighted by molar-refractivity contribution is 1.29. The normalized spacial score (nSPS) is 11.1. The van der Waals surface area contributed by atoms with E-state index in [-0.39, 0.29) is 0 Å². The first-order chi connectivity index (χ1) is 31.7. The summed E-state index contributed by atoms with van der Waals surface area (Å²) < 4.78 is 0. The SMILES string of the molecule is c1ccc(-c2ccc(N(c3ccc(-c4ccc(N(c5cc(-c6ccccc6)cc(-c6ccccc6)c5)c5cccc6ccccc56)cc4)cc3)c3cccc4ccccc34)cc2)cc1. The lowest BCUT2D eigenvalue weighted by Gasteiger charge is -2.28. The Hall–Kier alpha value is -8.46. The zero-order valence-corrected chi connectivity index (χ0v) is 35.3. The van der Waals surface area contributed by atoms with Crippen molar-refractivity contribution < 1.29 is 0 Å². The van der Waals surface area contributed by atoms with Crippen LogP contribution < -0.4 is 9.80 Å². The molecule has 0 fully saturated rings. The third-order valence-electron chi connectivity index (χ3n) is 12.2. The van der Waals surface area contributed by atoms with Crippen molar-refractivity contribution in [2.24, 2.45) is 0 Å². The minimum atomic E-state index is 1.09. The summed E-state index contributed by atoms with van der Waals surface area (Å²) in [4.78, 5) is 4.79. The van der Waals surface area contributed by atoms with Gasteiger partial charge in [-0.1, -0.05) is 200 Å². The molecular formula is C62H44N2. The molecule has 0 saturated carbocycles. The van der Waals surface area contributed by atoms with E-state index in [1.165, 1.54) is 54.9 Å². The second-order valence-electron chi connectivity index (χ2n) is 16.2. The van der Waals surface area contributed by atoms with Crippen LogP contribution in [0.1, 0.15) is 0 Å². The fourth-order valence-corrected chi connectivity index (χ4v) is 9.04. The van der Waals surface area contributed by atoms with Crippen LogP contribution in [-0.4, -0.2) is 0 Å². The Morgan fingerprint density at radius 3 is 0.875 bits per heavy atom. The molecule has 0 amide bonds. The molecule has 11 rings (SSSR count). The van der Waals surface area contributed by atoms with Gasteiger partial charge in [-0.05, 0) is 122 Å². The highest BCUT2D eigenvalue weighted by Gasteiger charge is 2.19. The van der Waals surface area contributed by atoms with E-state index in [0.717, 1.165) is 45.3 Å². The zero-order valence-electron chi connectivity index (χ0n) is 35.3. The van der Waals surface area contributed by atoms with E-state index in [0.29, 0.717) is 0 Å². The molecule has 0 aliphatic carbocycles. The van der Waals surface area contributed by atoms with Gasteiger partial charge >= 0.3 is 0 Å². The fourth-order valence-electron chi connectivity index (χ4n) is 9.04. The van der Waals surface area contributed by atoms with Crippen molar-refractivity contribution in [2.75, 3.05) is 9.80 Å². The third kappa shape index (κ3) is 7.59. The summed E-state index contributed by atoms with van der Waals surface area (Å²) in [5.41, 5.74) is 16.1. The van der Waals surface area contributed by atoms with Gasteiger partial charge in [0, 0.05) is 33.5 Å². The molecule has 2 nitrogen and oxygen atoms in total. The number of fused-ring (bicyclic) bond motifs is 2. The van der Waals surface area contributed by atoms with E-state index in [9.17, 15) is 0 Å². The van der Waals surface area contributed by atoms with E-state index in [2.05, 4.69) is 277 Å². The average Bonchev–Trinajstić information content (AvgIpc) is 3.38. The van der Waals surface area contributed by atoms with Crippen molar-refractivity contribution >= 4 is 55.7 Å². The summed E-state index contributed by atoms with van der Waals surface area (Å²) in [6.45, 7) is 0. The van der Waals surface area contributed by atoms with Crippen molar-refractivity contribution in [1.82, 2.24) is 0 Å². The van der Waals surface area contributed by atoms with Gasteiger partial charge in [0.1, 0.15) is 0 Å². The molecule has 0 aliphatic rings. The molecule has 64 heavy (non-hydrogen) atoms. The van der Waals surface area contributed by atoms with Crippen LogP contribution in [0.2, 0.25) is 0 Å². The quantitative estimate of drug-likeness (QED) is 0.136. The van der Waals surface area contributed by atoms with Crippen LogP contribution in [0.5, 0.6) is 0 Å². The predicted molar refractivity (Wildman–Crippen MR) is 273 cm³/mol. The maximum Gasteiger partial charge on any atom is 0.0540 e. The Morgan fingerprint density at radius 2 is 0.484 bits per heavy atom. The lowest BCUT2D eigenvalue weighted by Crippen LogP contribution is -2.11. The first kappa shape index (κ1) is 38.5. The maximum atomic E-state index is 2.42. The van der Waals surface area contributed by atoms with Crippen molar-refractivity contribution in [3.05, 3.63) is 267 Å². The molecule has 0 N–H and O–H groups in total. The number of hydrogen-bond acceptors (Lipinski definition) is 2. The summed E-state index contributed by atoms with van der Waals surface area (Å²) in [5, 5.41) is 4.82. The number of nitrogens with zero attached hydrogens (tertiary/aromatic N) is 2. The molecule has 0 spiro atoms. The second-order valence-corrected chi connectivity index (χ2v) is 16.2. The molecule has 0 unspecified atom stereocenters. The second kappa shape index (κ2) is 17.1. The molecule has 302 valence electrons. The van der Waals surface area contributed by atoms with Crippen LogP contribution in [0.4, 0.5) is 34.1 Å². The average molecular weight is 817 g/mol. The highest BCUT2D eigenvalue weighted by molar-refractivity contribution is 6.01. The van der Waals surface area contributed by atoms with E-state index >= 15 is 0 Å². The van der Waals surface area contributed by atoms with E-state index in [1.54, 1.807) is 0 Å².